The van der Waals surface area contributed by atoms with Crippen molar-refractivity contribution in [1.29, 1.82) is 0 Å². The molecule has 2 aromatic rings. The van der Waals surface area contributed by atoms with E-state index in [-0.39, 0.29) is 5.75 Å². The Morgan fingerprint density at radius 1 is 0.957 bits per heavy atom. The number of sulfone groups is 1. The molecule has 0 heterocycles. The molecule has 122 valence electrons. The van der Waals surface area contributed by atoms with Gasteiger partial charge >= 0.3 is 0 Å². The molecule has 0 radical (unpaired) electrons. The van der Waals surface area contributed by atoms with Crippen molar-refractivity contribution in [3.05, 3.63) is 64.7 Å². The van der Waals surface area contributed by atoms with E-state index in [1.165, 1.54) is 0 Å². The molecule has 23 heavy (non-hydrogen) atoms. The number of benzene rings is 2. The van der Waals surface area contributed by atoms with Crippen LogP contribution in [-0.4, -0.2) is 20.1 Å². The summed E-state index contributed by atoms with van der Waals surface area (Å²) in [5.41, 5.74) is 4.42. The first-order chi connectivity index (χ1) is 10.8. The molecule has 0 aliphatic heterocycles. The van der Waals surface area contributed by atoms with E-state index in [4.69, 9.17) is 0 Å². The van der Waals surface area contributed by atoms with Crippen LogP contribution in [0.25, 0.3) is 0 Å². The third-order valence-electron chi connectivity index (χ3n) is 3.78. The van der Waals surface area contributed by atoms with Crippen LogP contribution in [0.2, 0.25) is 0 Å². The smallest absolute Gasteiger partial charge is 0.239 e. The van der Waals surface area contributed by atoms with Gasteiger partial charge in [0.2, 0.25) is 5.91 Å². The third kappa shape index (κ3) is 4.93. The number of hydrogen-bond donors (Lipinski definition) is 1. The number of hydrogen-bond acceptors (Lipinski definition) is 3. The van der Waals surface area contributed by atoms with E-state index in [0.29, 0.717) is 5.69 Å². The highest BCUT2D eigenvalue weighted by Gasteiger charge is 2.18. The highest BCUT2D eigenvalue weighted by Crippen LogP contribution is 2.15. The first-order valence-electron chi connectivity index (χ1n) is 7.39. The van der Waals surface area contributed by atoms with Crippen molar-refractivity contribution in [2.24, 2.45) is 0 Å². The zero-order valence-corrected chi connectivity index (χ0v) is 14.4. The van der Waals surface area contributed by atoms with Crippen molar-refractivity contribution < 1.29 is 13.2 Å². The van der Waals surface area contributed by atoms with Crippen LogP contribution in [0.4, 0.5) is 5.69 Å². The molecule has 1 N–H and O–H groups in total. The minimum atomic E-state index is -3.51. The lowest BCUT2D eigenvalue weighted by Crippen LogP contribution is -2.24. The maximum absolute atomic E-state index is 12.2. The Morgan fingerprint density at radius 3 is 2.30 bits per heavy atom. The zero-order chi connectivity index (χ0) is 17.0. The maximum Gasteiger partial charge on any atom is 0.239 e. The topological polar surface area (TPSA) is 63.2 Å². The van der Waals surface area contributed by atoms with Gasteiger partial charge in [0.1, 0.15) is 5.75 Å². The van der Waals surface area contributed by atoms with Crippen LogP contribution in [-0.2, 0) is 20.4 Å². The lowest BCUT2D eigenvalue weighted by Gasteiger charge is -2.09. The fourth-order valence-electron chi connectivity index (χ4n) is 2.28. The predicted molar refractivity (Wildman–Crippen MR) is 93.2 cm³/mol. The molecule has 0 bridgehead atoms. The Bertz CT molecular complexity index is 826. The SMILES string of the molecule is Cc1ccc(NC(=O)CS(=O)(=O)Cc2ccccc2C)cc1C. The van der Waals surface area contributed by atoms with Gasteiger partial charge in [-0.05, 0) is 55.2 Å². The van der Waals surface area contributed by atoms with E-state index in [9.17, 15) is 13.2 Å². The Morgan fingerprint density at radius 2 is 1.65 bits per heavy atom. The predicted octanol–water partition coefficient (Wildman–Crippen LogP) is 3.17. The molecular weight excluding hydrogens is 310 g/mol. The van der Waals surface area contributed by atoms with Gasteiger partial charge in [-0.25, -0.2) is 8.42 Å². The summed E-state index contributed by atoms with van der Waals surface area (Å²) >= 11 is 0. The Hall–Kier alpha value is -2.14. The standard InChI is InChI=1S/C18H21NO3S/c1-13-8-9-17(10-15(13)3)19-18(20)12-23(21,22)11-16-7-5-4-6-14(16)2/h4-10H,11-12H2,1-3H3,(H,19,20). The molecule has 0 fully saturated rings. The fraction of sp³-hybridized carbons (Fsp3) is 0.278. The molecule has 0 spiro atoms. The summed E-state index contributed by atoms with van der Waals surface area (Å²) < 4.78 is 24.4. The molecule has 0 saturated heterocycles. The minimum absolute atomic E-state index is 0.125. The van der Waals surface area contributed by atoms with Gasteiger partial charge in [0.05, 0.1) is 5.75 Å². The van der Waals surface area contributed by atoms with Gasteiger partial charge in [0.25, 0.3) is 0 Å². The van der Waals surface area contributed by atoms with Crippen LogP contribution >= 0.6 is 0 Å². The average Bonchev–Trinajstić information content (AvgIpc) is 2.44. The number of anilines is 1. The van der Waals surface area contributed by atoms with Crippen LogP contribution in [0.5, 0.6) is 0 Å². The summed E-state index contributed by atoms with van der Waals surface area (Å²) in [4.78, 5) is 12.0. The second-order valence-electron chi connectivity index (χ2n) is 5.81. The van der Waals surface area contributed by atoms with Crippen molar-refractivity contribution in [3.8, 4) is 0 Å². The Balaban J connectivity index is 2.03. The van der Waals surface area contributed by atoms with Gasteiger partial charge in [-0.1, -0.05) is 30.3 Å². The first kappa shape index (κ1) is 17.2. The van der Waals surface area contributed by atoms with Crippen molar-refractivity contribution in [2.75, 3.05) is 11.1 Å². The van der Waals surface area contributed by atoms with Crippen LogP contribution in [0.3, 0.4) is 0 Å². The van der Waals surface area contributed by atoms with Crippen LogP contribution < -0.4 is 5.32 Å². The number of amides is 1. The fourth-order valence-corrected chi connectivity index (χ4v) is 3.65. The monoisotopic (exact) mass is 331 g/mol. The number of nitrogens with one attached hydrogen (secondary N) is 1. The van der Waals surface area contributed by atoms with Gasteiger partial charge in [0.15, 0.2) is 9.84 Å². The molecule has 5 heteroatoms. The van der Waals surface area contributed by atoms with E-state index < -0.39 is 21.5 Å². The van der Waals surface area contributed by atoms with E-state index >= 15 is 0 Å². The average molecular weight is 331 g/mol. The highest BCUT2D eigenvalue weighted by atomic mass is 32.2. The molecule has 0 aliphatic rings. The lowest BCUT2D eigenvalue weighted by atomic mass is 10.1. The molecule has 1 amide bonds. The Kier molecular flexibility index (Phi) is 5.21. The maximum atomic E-state index is 12.2. The lowest BCUT2D eigenvalue weighted by molar-refractivity contribution is -0.113. The number of aryl methyl sites for hydroxylation is 3. The largest absolute Gasteiger partial charge is 0.325 e. The van der Waals surface area contributed by atoms with Gasteiger partial charge in [-0.3, -0.25) is 4.79 Å². The molecule has 0 aliphatic carbocycles. The zero-order valence-electron chi connectivity index (χ0n) is 13.6. The van der Waals surface area contributed by atoms with Crippen molar-refractivity contribution in [1.82, 2.24) is 0 Å². The van der Waals surface area contributed by atoms with Gasteiger partial charge in [0, 0.05) is 5.69 Å². The number of carbonyl (C=O) groups excluding carboxylic acids is 1. The van der Waals surface area contributed by atoms with Gasteiger partial charge in [-0.15, -0.1) is 0 Å². The molecular formula is C18H21NO3S. The van der Waals surface area contributed by atoms with E-state index in [2.05, 4.69) is 5.32 Å². The van der Waals surface area contributed by atoms with Crippen LogP contribution in [0.1, 0.15) is 22.3 Å². The highest BCUT2D eigenvalue weighted by molar-refractivity contribution is 7.91. The van der Waals surface area contributed by atoms with Crippen LogP contribution in [0.15, 0.2) is 42.5 Å². The van der Waals surface area contributed by atoms with Crippen molar-refractivity contribution in [2.45, 2.75) is 26.5 Å². The minimum Gasteiger partial charge on any atom is -0.325 e. The molecule has 2 rings (SSSR count). The third-order valence-corrected chi connectivity index (χ3v) is 5.23. The summed E-state index contributed by atoms with van der Waals surface area (Å²) in [5, 5.41) is 2.65. The second kappa shape index (κ2) is 6.96. The van der Waals surface area contributed by atoms with E-state index in [1.54, 1.807) is 18.2 Å². The molecule has 4 nitrogen and oxygen atoms in total. The van der Waals surface area contributed by atoms with Crippen molar-refractivity contribution in [3.63, 3.8) is 0 Å². The summed E-state index contributed by atoms with van der Waals surface area (Å²) in [6, 6.07) is 12.8. The molecule has 2 aromatic carbocycles. The Labute approximate surface area is 137 Å². The van der Waals surface area contributed by atoms with E-state index in [0.717, 1.165) is 22.3 Å². The molecule has 0 aromatic heterocycles. The van der Waals surface area contributed by atoms with Gasteiger partial charge < -0.3 is 5.32 Å². The van der Waals surface area contributed by atoms with Gasteiger partial charge in [-0.2, -0.15) is 0 Å². The molecule has 0 saturated carbocycles. The summed E-state index contributed by atoms with van der Waals surface area (Å²) in [6.45, 7) is 5.79. The molecule has 0 atom stereocenters. The van der Waals surface area contributed by atoms with Crippen molar-refractivity contribution >= 4 is 21.4 Å². The normalized spacial score (nSPS) is 11.3. The number of rotatable bonds is 5. The molecule has 0 unspecified atom stereocenters. The van der Waals surface area contributed by atoms with E-state index in [1.807, 2.05) is 45.0 Å². The quantitative estimate of drug-likeness (QED) is 0.915. The number of carbonyl (C=O) groups is 1. The summed E-state index contributed by atoms with van der Waals surface area (Å²) in [7, 11) is -3.51. The summed E-state index contributed by atoms with van der Waals surface area (Å²) in [5.74, 6) is -1.16. The van der Waals surface area contributed by atoms with Crippen LogP contribution in [0, 0.1) is 20.8 Å². The first-order valence-corrected chi connectivity index (χ1v) is 9.21. The second-order valence-corrected chi connectivity index (χ2v) is 7.87. The summed E-state index contributed by atoms with van der Waals surface area (Å²) in [6.07, 6.45) is 0.